The molecule has 1 aromatic rings. The van der Waals surface area contributed by atoms with E-state index in [1.807, 2.05) is 0 Å². The minimum absolute atomic E-state index is 0.237. The summed E-state index contributed by atoms with van der Waals surface area (Å²) in [4.78, 5) is 39.5. The molecule has 0 radical (unpaired) electrons. The highest BCUT2D eigenvalue weighted by Gasteiger charge is 2.21. The Hall–Kier alpha value is -3.14. The number of anilines is 1. The van der Waals surface area contributed by atoms with Crippen LogP contribution < -0.4 is 10.6 Å². The van der Waals surface area contributed by atoms with Crippen LogP contribution in [0.3, 0.4) is 0 Å². The first kappa shape index (κ1) is 24.9. The van der Waals surface area contributed by atoms with E-state index in [0.29, 0.717) is 5.69 Å². The highest BCUT2D eigenvalue weighted by atomic mass is 16.6. The number of esters is 1. The average Bonchev–Trinajstić information content (AvgIpc) is 2.57. The summed E-state index contributed by atoms with van der Waals surface area (Å²) in [6.07, 6.45) is -3.28. The number of amides is 2. The van der Waals surface area contributed by atoms with Gasteiger partial charge in [-0.2, -0.15) is 0 Å². The van der Waals surface area contributed by atoms with E-state index in [2.05, 4.69) is 20.4 Å². The molecule has 0 aromatic heterocycles. The van der Waals surface area contributed by atoms with E-state index in [1.165, 1.54) is 12.1 Å². The molecule has 0 saturated heterocycles. The molecule has 30 heavy (non-hydrogen) atoms. The van der Waals surface area contributed by atoms with Gasteiger partial charge in [0.15, 0.2) is 6.10 Å². The molecule has 1 unspecified atom stereocenters. The summed E-state index contributed by atoms with van der Waals surface area (Å²) in [5.41, 5.74) is -0.997. The number of hydrogen-bond donors (Lipinski definition) is 3. The molecule has 2 amide bonds. The first-order chi connectivity index (χ1) is 13.7. The number of aliphatic hydroxyl groups excluding tert-OH is 1. The van der Waals surface area contributed by atoms with E-state index >= 15 is 0 Å². The zero-order valence-electron chi connectivity index (χ0n) is 18.2. The summed E-state index contributed by atoms with van der Waals surface area (Å²) in [5.74, 6) is -1.09. The summed E-state index contributed by atoms with van der Waals surface area (Å²) in [7, 11) is 1.16. The van der Waals surface area contributed by atoms with Gasteiger partial charge in [0.05, 0.1) is 7.11 Å². The lowest BCUT2D eigenvalue weighted by molar-refractivity contribution is -0.150. The number of aliphatic hydroxyl groups is 1. The summed E-state index contributed by atoms with van der Waals surface area (Å²) in [6.45, 7) is 10.1. The number of carbonyl (C=O) groups is 3. The largest absolute Gasteiger partial charge is 0.467 e. The number of carbonyl (C=O) groups excluding carboxylic acids is 3. The van der Waals surface area contributed by atoms with Crippen LogP contribution in [-0.2, 0) is 19.0 Å². The number of benzene rings is 1. The van der Waals surface area contributed by atoms with Gasteiger partial charge in [0.1, 0.15) is 11.2 Å². The lowest BCUT2D eigenvalue weighted by Gasteiger charge is -2.21. The maximum absolute atomic E-state index is 12.1. The van der Waals surface area contributed by atoms with E-state index in [0.717, 1.165) is 7.11 Å². The van der Waals surface area contributed by atoms with Crippen molar-refractivity contribution in [2.45, 2.75) is 58.8 Å². The number of ether oxygens (including phenoxy) is 3. The standard InChI is InChI=1S/C20H29N3O7/c1-19(2,3)29-17(26)22-16(23-18(27)30-20(4,5)6)21-13-10-8-9-12(11-13)14(24)15(25)28-7/h8-11,14,24H,1-7H3,(H2,21,22,23,26,27). The van der Waals surface area contributed by atoms with Crippen LogP contribution in [0.2, 0.25) is 0 Å². The van der Waals surface area contributed by atoms with E-state index in [4.69, 9.17) is 9.47 Å². The lowest BCUT2D eigenvalue weighted by atomic mass is 10.1. The third-order valence-corrected chi connectivity index (χ3v) is 3.11. The molecule has 0 saturated carbocycles. The minimum atomic E-state index is -1.50. The maximum atomic E-state index is 12.1. The Morgan fingerprint density at radius 2 is 1.63 bits per heavy atom. The van der Waals surface area contributed by atoms with Crippen molar-refractivity contribution >= 4 is 29.8 Å². The van der Waals surface area contributed by atoms with Gasteiger partial charge in [-0.15, -0.1) is 4.99 Å². The number of guanidine groups is 1. The molecule has 0 spiro atoms. The first-order valence-electron chi connectivity index (χ1n) is 9.15. The van der Waals surface area contributed by atoms with Gasteiger partial charge in [0, 0.05) is 5.69 Å². The van der Waals surface area contributed by atoms with E-state index in [1.54, 1.807) is 53.7 Å². The molecule has 166 valence electrons. The van der Waals surface area contributed by atoms with Crippen molar-refractivity contribution < 1.29 is 33.7 Å². The van der Waals surface area contributed by atoms with Crippen molar-refractivity contribution in [2.75, 3.05) is 12.4 Å². The highest BCUT2D eigenvalue weighted by molar-refractivity contribution is 6.06. The number of methoxy groups -OCH3 is 1. The molecule has 1 atom stereocenters. The molecule has 1 rings (SSSR count). The summed E-state index contributed by atoms with van der Waals surface area (Å²) >= 11 is 0. The second-order valence-electron chi connectivity index (χ2n) is 8.24. The second-order valence-corrected chi connectivity index (χ2v) is 8.24. The smallest absolute Gasteiger partial charge is 0.437 e. The number of nitrogens with one attached hydrogen (secondary N) is 2. The number of nitrogens with zero attached hydrogens (tertiary/aromatic N) is 1. The number of rotatable bonds is 3. The summed E-state index contributed by atoms with van der Waals surface area (Å²) < 4.78 is 14.8. The lowest BCUT2D eigenvalue weighted by Crippen LogP contribution is -2.40. The van der Waals surface area contributed by atoms with Crippen LogP contribution in [0.1, 0.15) is 53.2 Å². The molecule has 10 nitrogen and oxygen atoms in total. The number of alkyl carbamates (subject to hydrolysis) is 1. The monoisotopic (exact) mass is 423 g/mol. The molecule has 0 fully saturated rings. The minimum Gasteiger partial charge on any atom is -0.467 e. The fourth-order valence-electron chi connectivity index (χ4n) is 2.03. The Bertz CT molecular complexity index is 807. The van der Waals surface area contributed by atoms with Crippen LogP contribution in [0.25, 0.3) is 0 Å². The predicted octanol–water partition coefficient (Wildman–Crippen LogP) is 3.12. The van der Waals surface area contributed by atoms with Crippen LogP contribution in [0.15, 0.2) is 29.3 Å². The van der Waals surface area contributed by atoms with Crippen LogP contribution in [0, 0.1) is 0 Å². The van der Waals surface area contributed by atoms with Crippen LogP contribution >= 0.6 is 0 Å². The van der Waals surface area contributed by atoms with Crippen molar-refractivity contribution in [3.8, 4) is 0 Å². The van der Waals surface area contributed by atoms with Gasteiger partial charge in [-0.25, -0.2) is 14.4 Å². The number of aliphatic imine (C=N–C) groups is 1. The van der Waals surface area contributed by atoms with Crippen molar-refractivity contribution in [1.29, 1.82) is 0 Å². The van der Waals surface area contributed by atoms with Crippen molar-refractivity contribution in [3.63, 3.8) is 0 Å². The molecule has 0 aliphatic rings. The Morgan fingerprint density at radius 1 is 1.03 bits per heavy atom. The summed E-state index contributed by atoms with van der Waals surface area (Å²) in [6, 6.07) is 6.08. The van der Waals surface area contributed by atoms with E-state index in [-0.39, 0.29) is 11.5 Å². The van der Waals surface area contributed by atoms with Gasteiger partial charge in [0.2, 0.25) is 5.96 Å². The van der Waals surface area contributed by atoms with Gasteiger partial charge >= 0.3 is 18.2 Å². The molecule has 0 heterocycles. The normalized spacial score (nSPS) is 13.1. The number of hydrogen-bond acceptors (Lipinski definition) is 7. The Kier molecular flexibility index (Phi) is 8.35. The molecule has 0 aliphatic carbocycles. The fourth-order valence-corrected chi connectivity index (χ4v) is 2.03. The van der Waals surface area contributed by atoms with E-state index in [9.17, 15) is 19.5 Å². The SMILES string of the molecule is COC(=O)C(O)c1cccc(N/C(=N\C(=O)OC(C)(C)C)NC(=O)OC(C)(C)C)c1. The second kappa shape index (κ2) is 10.1. The molecule has 0 aliphatic heterocycles. The molecule has 0 bridgehead atoms. The van der Waals surface area contributed by atoms with Crippen molar-refractivity contribution in [2.24, 2.45) is 4.99 Å². The van der Waals surface area contributed by atoms with Gasteiger partial charge in [0.25, 0.3) is 0 Å². The predicted molar refractivity (Wildman–Crippen MR) is 110 cm³/mol. The van der Waals surface area contributed by atoms with Gasteiger partial charge in [-0.1, -0.05) is 12.1 Å². The molecule has 1 aromatic carbocycles. The van der Waals surface area contributed by atoms with Crippen molar-refractivity contribution in [1.82, 2.24) is 5.32 Å². The van der Waals surface area contributed by atoms with Crippen molar-refractivity contribution in [3.05, 3.63) is 29.8 Å². The zero-order chi connectivity index (χ0) is 23.1. The van der Waals surface area contributed by atoms with Crippen LogP contribution in [0.5, 0.6) is 0 Å². The molecular formula is C20H29N3O7. The Labute approximate surface area is 175 Å². The molecular weight excluding hydrogens is 394 g/mol. The van der Waals surface area contributed by atoms with Gasteiger partial charge in [-0.05, 0) is 59.2 Å². The van der Waals surface area contributed by atoms with E-state index < -0.39 is 35.5 Å². The summed E-state index contributed by atoms with van der Waals surface area (Å²) in [5, 5.41) is 15.1. The highest BCUT2D eigenvalue weighted by Crippen LogP contribution is 2.19. The first-order valence-corrected chi connectivity index (χ1v) is 9.15. The average molecular weight is 423 g/mol. The maximum Gasteiger partial charge on any atom is 0.437 e. The third-order valence-electron chi connectivity index (χ3n) is 3.11. The van der Waals surface area contributed by atoms with Gasteiger partial charge in [-0.3, -0.25) is 5.32 Å². The topological polar surface area (TPSA) is 136 Å². The fraction of sp³-hybridized carbons (Fsp3) is 0.500. The molecule has 3 N–H and O–H groups in total. The quantitative estimate of drug-likeness (QED) is 0.292. The van der Waals surface area contributed by atoms with Gasteiger partial charge < -0.3 is 24.6 Å². The third kappa shape index (κ3) is 9.37. The Morgan fingerprint density at radius 3 is 2.17 bits per heavy atom. The van der Waals surface area contributed by atoms with Crippen LogP contribution in [-0.4, -0.2) is 47.5 Å². The molecule has 10 heteroatoms. The zero-order valence-corrected chi connectivity index (χ0v) is 18.2. The van der Waals surface area contributed by atoms with Crippen LogP contribution in [0.4, 0.5) is 15.3 Å². The Balaban J connectivity index is 3.12.